The van der Waals surface area contributed by atoms with E-state index < -0.39 is 5.60 Å². The fourth-order valence-corrected chi connectivity index (χ4v) is 3.33. The van der Waals surface area contributed by atoms with Crippen molar-refractivity contribution in [2.45, 2.75) is 38.7 Å². The molecule has 0 aliphatic carbocycles. The van der Waals surface area contributed by atoms with E-state index in [9.17, 15) is 9.90 Å². The van der Waals surface area contributed by atoms with E-state index in [1.165, 1.54) is 22.5 Å². The number of benzene rings is 1. The summed E-state index contributed by atoms with van der Waals surface area (Å²) in [6.45, 7) is 6.07. The standard InChI is InChI=1S/C18H23NO2S/c1-13-7-4-5-8-15(13)14(2)11-17(20)19-12-18(3,21)16-9-6-10-22-16/h4-10,14,21H,11-12H2,1-3H3,(H,19,20). The average molecular weight is 317 g/mol. The van der Waals surface area contributed by atoms with Crippen LogP contribution in [0.5, 0.6) is 0 Å². The van der Waals surface area contributed by atoms with Crippen LogP contribution in [0.15, 0.2) is 41.8 Å². The van der Waals surface area contributed by atoms with Gasteiger partial charge in [0.05, 0.1) is 6.54 Å². The molecule has 1 amide bonds. The molecular formula is C18H23NO2S. The third-order valence-electron chi connectivity index (χ3n) is 3.89. The van der Waals surface area contributed by atoms with Crippen LogP contribution in [-0.2, 0) is 10.4 Å². The van der Waals surface area contributed by atoms with Crippen LogP contribution in [0.4, 0.5) is 0 Å². The number of rotatable bonds is 6. The van der Waals surface area contributed by atoms with Crippen LogP contribution in [-0.4, -0.2) is 17.6 Å². The van der Waals surface area contributed by atoms with E-state index in [0.29, 0.717) is 6.42 Å². The Bertz CT molecular complexity index is 620. The second kappa shape index (κ2) is 7.07. The highest BCUT2D eigenvalue weighted by atomic mass is 32.1. The first kappa shape index (κ1) is 16.7. The maximum Gasteiger partial charge on any atom is 0.220 e. The maximum atomic E-state index is 12.1. The Kier molecular flexibility index (Phi) is 5.37. The molecule has 1 aromatic heterocycles. The monoisotopic (exact) mass is 317 g/mol. The molecule has 22 heavy (non-hydrogen) atoms. The van der Waals surface area contributed by atoms with E-state index in [-0.39, 0.29) is 18.4 Å². The molecule has 2 aromatic rings. The van der Waals surface area contributed by atoms with Gasteiger partial charge in [0.15, 0.2) is 0 Å². The fourth-order valence-electron chi connectivity index (χ4n) is 2.54. The van der Waals surface area contributed by atoms with Crippen LogP contribution in [0.3, 0.4) is 0 Å². The first-order chi connectivity index (χ1) is 10.4. The highest BCUT2D eigenvalue weighted by Gasteiger charge is 2.25. The zero-order valence-electron chi connectivity index (χ0n) is 13.3. The lowest BCUT2D eigenvalue weighted by molar-refractivity contribution is -0.122. The molecule has 3 nitrogen and oxygen atoms in total. The van der Waals surface area contributed by atoms with E-state index in [1.54, 1.807) is 6.92 Å². The summed E-state index contributed by atoms with van der Waals surface area (Å²) < 4.78 is 0. The molecular weight excluding hydrogens is 294 g/mol. The Balaban J connectivity index is 1.89. The highest BCUT2D eigenvalue weighted by molar-refractivity contribution is 7.10. The SMILES string of the molecule is Cc1ccccc1C(C)CC(=O)NCC(C)(O)c1cccs1. The second-order valence-electron chi connectivity index (χ2n) is 5.99. The van der Waals surface area contributed by atoms with Crippen molar-refractivity contribution < 1.29 is 9.90 Å². The lowest BCUT2D eigenvalue weighted by Crippen LogP contribution is -2.38. The molecule has 0 aliphatic heterocycles. The maximum absolute atomic E-state index is 12.1. The minimum absolute atomic E-state index is 0.0346. The van der Waals surface area contributed by atoms with Crippen molar-refractivity contribution in [1.82, 2.24) is 5.32 Å². The predicted octanol–water partition coefficient (Wildman–Crippen LogP) is 3.57. The minimum atomic E-state index is -1.02. The number of aliphatic hydroxyl groups is 1. The molecule has 118 valence electrons. The van der Waals surface area contributed by atoms with Gasteiger partial charge in [-0.2, -0.15) is 0 Å². The largest absolute Gasteiger partial charge is 0.383 e. The molecule has 2 unspecified atom stereocenters. The van der Waals surface area contributed by atoms with Crippen LogP contribution >= 0.6 is 11.3 Å². The van der Waals surface area contributed by atoms with Crippen LogP contribution in [0.25, 0.3) is 0 Å². The van der Waals surface area contributed by atoms with Crippen LogP contribution in [0, 0.1) is 6.92 Å². The van der Waals surface area contributed by atoms with Crippen molar-refractivity contribution in [1.29, 1.82) is 0 Å². The molecule has 0 bridgehead atoms. The molecule has 2 atom stereocenters. The van der Waals surface area contributed by atoms with Gasteiger partial charge < -0.3 is 10.4 Å². The molecule has 0 saturated heterocycles. The van der Waals surface area contributed by atoms with Crippen molar-refractivity contribution in [3.05, 3.63) is 57.8 Å². The lowest BCUT2D eigenvalue weighted by Gasteiger charge is -2.23. The van der Waals surface area contributed by atoms with Crippen LogP contribution < -0.4 is 5.32 Å². The van der Waals surface area contributed by atoms with Gasteiger partial charge >= 0.3 is 0 Å². The smallest absolute Gasteiger partial charge is 0.220 e. The van der Waals surface area contributed by atoms with Gasteiger partial charge in [0.1, 0.15) is 5.60 Å². The number of carbonyl (C=O) groups is 1. The van der Waals surface area contributed by atoms with E-state index in [4.69, 9.17) is 0 Å². The molecule has 4 heteroatoms. The number of carbonyl (C=O) groups excluding carboxylic acids is 1. The Morgan fingerprint density at radius 1 is 1.32 bits per heavy atom. The van der Waals surface area contributed by atoms with Gasteiger partial charge in [0, 0.05) is 11.3 Å². The molecule has 1 heterocycles. The summed E-state index contributed by atoms with van der Waals surface area (Å²) in [5.41, 5.74) is 1.38. The van der Waals surface area contributed by atoms with E-state index in [2.05, 4.69) is 31.3 Å². The summed E-state index contributed by atoms with van der Waals surface area (Å²) in [6, 6.07) is 11.9. The van der Waals surface area contributed by atoms with Crippen molar-refractivity contribution in [2.24, 2.45) is 0 Å². The molecule has 0 radical (unpaired) electrons. The van der Waals surface area contributed by atoms with Crippen LogP contribution in [0.1, 0.15) is 42.2 Å². The van der Waals surface area contributed by atoms with Gasteiger partial charge in [-0.1, -0.05) is 37.3 Å². The van der Waals surface area contributed by atoms with Crippen molar-refractivity contribution in [3.63, 3.8) is 0 Å². The molecule has 0 spiro atoms. The number of amides is 1. The Morgan fingerprint density at radius 2 is 2.05 bits per heavy atom. The fraction of sp³-hybridized carbons (Fsp3) is 0.389. The molecule has 1 aromatic carbocycles. The van der Waals surface area contributed by atoms with Gasteiger partial charge in [-0.3, -0.25) is 4.79 Å². The average Bonchev–Trinajstić information content (AvgIpc) is 3.00. The lowest BCUT2D eigenvalue weighted by atomic mass is 9.93. The molecule has 2 rings (SSSR count). The third-order valence-corrected chi connectivity index (χ3v) is 5.02. The topological polar surface area (TPSA) is 49.3 Å². The molecule has 2 N–H and O–H groups in total. The normalized spacial score (nSPS) is 15.1. The summed E-state index contributed by atoms with van der Waals surface area (Å²) in [5.74, 6) is 0.125. The molecule has 0 fully saturated rings. The van der Waals surface area contributed by atoms with E-state index in [1.807, 2.05) is 29.6 Å². The Hall–Kier alpha value is -1.65. The zero-order valence-corrected chi connectivity index (χ0v) is 14.1. The Labute approximate surface area is 136 Å². The van der Waals surface area contributed by atoms with Gasteiger partial charge in [0.25, 0.3) is 0 Å². The summed E-state index contributed by atoms with van der Waals surface area (Å²) in [5, 5.41) is 15.2. The highest BCUT2D eigenvalue weighted by Crippen LogP contribution is 2.25. The quantitative estimate of drug-likeness (QED) is 0.855. The van der Waals surface area contributed by atoms with E-state index in [0.717, 1.165) is 4.88 Å². The predicted molar refractivity (Wildman–Crippen MR) is 91.1 cm³/mol. The minimum Gasteiger partial charge on any atom is -0.383 e. The third kappa shape index (κ3) is 4.18. The number of hydrogen-bond acceptors (Lipinski definition) is 3. The first-order valence-electron chi connectivity index (χ1n) is 7.49. The summed E-state index contributed by atoms with van der Waals surface area (Å²) in [7, 11) is 0. The number of aryl methyl sites for hydroxylation is 1. The van der Waals surface area contributed by atoms with Gasteiger partial charge in [-0.25, -0.2) is 0 Å². The van der Waals surface area contributed by atoms with E-state index >= 15 is 0 Å². The van der Waals surface area contributed by atoms with Crippen molar-refractivity contribution >= 4 is 17.2 Å². The Morgan fingerprint density at radius 3 is 2.68 bits per heavy atom. The first-order valence-corrected chi connectivity index (χ1v) is 8.36. The molecule has 0 saturated carbocycles. The van der Waals surface area contributed by atoms with Gasteiger partial charge in [0.2, 0.25) is 5.91 Å². The van der Waals surface area contributed by atoms with Gasteiger partial charge in [-0.05, 0) is 42.3 Å². The second-order valence-corrected chi connectivity index (χ2v) is 6.94. The summed E-state index contributed by atoms with van der Waals surface area (Å²) in [6.07, 6.45) is 0.422. The van der Waals surface area contributed by atoms with Crippen molar-refractivity contribution in [2.75, 3.05) is 6.54 Å². The van der Waals surface area contributed by atoms with Gasteiger partial charge in [-0.15, -0.1) is 11.3 Å². The van der Waals surface area contributed by atoms with Crippen molar-refractivity contribution in [3.8, 4) is 0 Å². The number of hydrogen-bond donors (Lipinski definition) is 2. The zero-order chi connectivity index (χ0) is 16.2. The number of nitrogens with one attached hydrogen (secondary N) is 1. The van der Waals surface area contributed by atoms with Crippen LogP contribution in [0.2, 0.25) is 0 Å². The molecule has 0 aliphatic rings. The number of thiophene rings is 1. The summed E-state index contributed by atoms with van der Waals surface area (Å²) in [4.78, 5) is 13.0. The summed E-state index contributed by atoms with van der Waals surface area (Å²) >= 11 is 1.49.